The molecule has 0 aliphatic carbocycles. The van der Waals surface area contributed by atoms with Gasteiger partial charge in [-0.2, -0.15) is 0 Å². The lowest BCUT2D eigenvalue weighted by Gasteiger charge is -2.25. The molecule has 1 aliphatic heterocycles. The van der Waals surface area contributed by atoms with E-state index in [1.54, 1.807) is 24.5 Å². The van der Waals surface area contributed by atoms with E-state index in [2.05, 4.69) is 4.99 Å². The number of allylic oxidation sites excluding steroid dienone is 1. The van der Waals surface area contributed by atoms with Crippen molar-refractivity contribution in [1.29, 1.82) is 0 Å². The van der Waals surface area contributed by atoms with Crippen molar-refractivity contribution in [1.82, 2.24) is 4.57 Å². The number of nitrogens with zero attached hydrogens (tertiary/aromatic N) is 3. The summed E-state index contributed by atoms with van der Waals surface area (Å²) in [5.74, 6) is 1.47. The summed E-state index contributed by atoms with van der Waals surface area (Å²) in [5, 5.41) is 0. The Morgan fingerprint density at radius 2 is 1.94 bits per heavy atom. The van der Waals surface area contributed by atoms with E-state index in [-0.39, 0.29) is 18.3 Å². The summed E-state index contributed by atoms with van der Waals surface area (Å²) in [7, 11) is 3.77. The third kappa shape index (κ3) is 4.95. The van der Waals surface area contributed by atoms with E-state index in [1.807, 2.05) is 69.2 Å². The number of furan rings is 1. The zero-order valence-corrected chi connectivity index (χ0v) is 21.5. The van der Waals surface area contributed by atoms with Crippen molar-refractivity contribution >= 4 is 29.3 Å². The number of hydrogen-bond donors (Lipinski definition) is 0. The molecule has 0 saturated heterocycles. The van der Waals surface area contributed by atoms with Crippen LogP contribution >= 0.6 is 11.3 Å². The van der Waals surface area contributed by atoms with E-state index < -0.39 is 12.0 Å². The lowest BCUT2D eigenvalue weighted by atomic mass is 9.96. The number of benzene rings is 1. The quantitative estimate of drug-likeness (QED) is 0.468. The van der Waals surface area contributed by atoms with E-state index in [1.165, 1.54) is 11.3 Å². The van der Waals surface area contributed by atoms with Crippen LogP contribution in [-0.4, -0.2) is 37.3 Å². The van der Waals surface area contributed by atoms with Crippen molar-refractivity contribution in [2.24, 2.45) is 4.99 Å². The lowest BCUT2D eigenvalue weighted by molar-refractivity contribution is -0.139. The maximum absolute atomic E-state index is 13.6. The molecular formula is C26H29N3O5S. The van der Waals surface area contributed by atoms with Gasteiger partial charge in [-0.15, -0.1) is 0 Å². The van der Waals surface area contributed by atoms with Gasteiger partial charge in [0.05, 0.1) is 34.6 Å². The third-order valence-corrected chi connectivity index (χ3v) is 6.39. The number of rotatable bonds is 7. The van der Waals surface area contributed by atoms with Gasteiger partial charge in [0.2, 0.25) is 0 Å². The average molecular weight is 496 g/mol. The first-order valence-electron chi connectivity index (χ1n) is 11.4. The maximum Gasteiger partial charge on any atom is 0.338 e. The molecule has 0 saturated carbocycles. The summed E-state index contributed by atoms with van der Waals surface area (Å²) < 4.78 is 18.9. The van der Waals surface area contributed by atoms with E-state index >= 15 is 0 Å². The van der Waals surface area contributed by atoms with Gasteiger partial charge in [0.1, 0.15) is 11.5 Å². The van der Waals surface area contributed by atoms with E-state index in [0.717, 1.165) is 5.56 Å². The van der Waals surface area contributed by atoms with Crippen LogP contribution in [0.15, 0.2) is 61.9 Å². The second-order valence-corrected chi connectivity index (χ2v) is 9.62. The van der Waals surface area contributed by atoms with Crippen molar-refractivity contribution in [2.45, 2.75) is 39.8 Å². The van der Waals surface area contributed by atoms with Crippen molar-refractivity contribution in [3.05, 3.63) is 78.7 Å². The first kappa shape index (κ1) is 24.5. The highest BCUT2D eigenvalue weighted by Crippen LogP contribution is 2.31. The Morgan fingerprint density at radius 3 is 2.54 bits per heavy atom. The Bertz CT molecular complexity index is 1440. The van der Waals surface area contributed by atoms with Crippen LogP contribution in [0.5, 0.6) is 5.75 Å². The summed E-state index contributed by atoms with van der Waals surface area (Å²) in [6, 6.07) is 10.4. The van der Waals surface area contributed by atoms with Crippen LogP contribution in [-0.2, 0) is 9.53 Å². The highest BCUT2D eigenvalue weighted by molar-refractivity contribution is 7.07. The number of fused-ring (bicyclic) bond motifs is 1. The molecule has 0 radical (unpaired) electrons. The fourth-order valence-electron chi connectivity index (χ4n) is 3.90. The molecule has 184 valence electrons. The SMILES string of the molecule is CCOC(=O)C1=C(C)N=c2s/c(=C\c3ccc(N(C)C)o3)c(=O)n2[C@@H]1c1ccc(OC(C)C)cc1. The molecule has 1 aliphatic rings. The fraction of sp³-hybridized carbons (Fsp3) is 0.346. The number of hydrogen-bond acceptors (Lipinski definition) is 8. The van der Waals surface area contributed by atoms with E-state index in [0.29, 0.717) is 38.0 Å². The van der Waals surface area contributed by atoms with Crippen LogP contribution in [0.3, 0.4) is 0 Å². The van der Waals surface area contributed by atoms with Crippen LogP contribution in [0.2, 0.25) is 0 Å². The van der Waals surface area contributed by atoms with Gasteiger partial charge >= 0.3 is 5.97 Å². The molecule has 0 spiro atoms. The summed E-state index contributed by atoms with van der Waals surface area (Å²) in [5.41, 5.74) is 1.38. The Labute approximate surface area is 207 Å². The minimum absolute atomic E-state index is 0.0327. The number of carbonyl (C=O) groups excluding carboxylic acids is 1. The van der Waals surface area contributed by atoms with Crippen molar-refractivity contribution < 1.29 is 18.7 Å². The van der Waals surface area contributed by atoms with Crippen LogP contribution in [0.1, 0.15) is 45.1 Å². The fourth-order valence-corrected chi connectivity index (χ4v) is 4.92. The zero-order valence-electron chi connectivity index (χ0n) is 20.7. The lowest BCUT2D eigenvalue weighted by Crippen LogP contribution is -2.39. The topological polar surface area (TPSA) is 86.3 Å². The molecule has 8 nitrogen and oxygen atoms in total. The highest BCUT2D eigenvalue weighted by atomic mass is 32.1. The number of esters is 1. The van der Waals surface area contributed by atoms with Crippen molar-refractivity contribution in [2.75, 3.05) is 25.6 Å². The average Bonchev–Trinajstić information content (AvgIpc) is 3.38. The van der Waals surface area contributed by atoms with E-state index in [4.69, 9.17) is 13.9 Å². The third-order valence-electron chi connectivity index (χ3n) is 5.41. The molecule has 35 heavy (non-hydrogen) atoms. The molecule has 4 rings (SSSR count). The van der Waals surface area contributed by atoms with E-state index in [9.17, 15) is 9.59 Å². The smallest absolute Gasteiger partial charge is 0.338 e. The van der Waals surface area contributed by atoms with Gasteiger partial charge in [0.25, 0.3) is 5.56 Å². The standard InChI is InChI=1S/C26H29N3O5S/c1-7-32-25(31)22-16(4)27-26-29(23(22)17-8-10-18(11-9-17)33-15(2)3)24(30)20(35-26)14-19-12-13-21(34-19)28(5)6/h8-15,23H,7H2,1-6H3/b20-14-/t23-/m1/s1. The molecular weight excluding hydrogens is 466 g/mol. The molecule has 1 atom stereocenters. The normalized spacial score (nSPS) is 15.7. The minimum atomic E-state index is -0.672. The molecule has 9 heteroatoms. The molecule has 0 amide bonds. The molecule has 2 aromatic heterocycles. The largest absolute Gasteiger partial charge is 0.491 e. The van der Waals surface area contributed by atoms with Gasteiger partial charge in [-0.1, -0.05) is 23.5 Å². The molecule has 0 N–H and O–H groups in total. The predicted molar refractivity (Wildman–Crippen MR) is 136 cm³/mol. The second-order valence-electron chi connectivity index (χ2n) is 8.61. The molecule has 1 aromatic carbocycles. The van der Waals surface area contributed by atoms with Crippen LogP contribution < -0.4 is 24.5 Å². The Morgan fingerprint density at radius 1 is 1.23 bits per heavy atom. The monoisotopic (exact) mass is 495 g/mol. The van der Waals surface area contributed by atoms with Crippen LogP contribution in [0, 0.1) is 0 Å². The summed E-state index contributed by atoms with van der Waals surface area (Å²) in [6.07, 6.45) is 1.74. The second kappa shape index (κ2) is 9.95. The van der Waals surface area contributed by atoms with Gasteiger partial charge < -0.3 is 18.8 Å². The van der Waals surface area contributed by atoms with Gasteiger partial charge in [0, 0.05) is 26.2 Å². The Hall–Kier alpha value is -3.59. The van der Waals surface area contributed by atoms with Crippen LogP contribution in [0.25, 0.3) is 6.08 Å². The number of aromatic nitrogens is 1. The summed E-state index contributed by atoms with van der Waals surface area (Å²) >= 11 is 1.26. The van der Waals surface area contributed by atoms with Crippen LogP contribution in [0.4, 0.5) is 5.88 Å². The minimum Gasteiger partial charge on any atom is -0.491 e. The van der Waals surface area contributed by atoms with Gasteiger partial charge in [-0.3, -0.25) is 9.36 Å². The Kier molecular flexibility index (Phi) is 6.98. The van der Waals surface area contributed by atoms with Gasteiger partial charge in [0.15, 0.2) is 10.7 Å². The van der Waals surface area contributed by atoms with Gasteiger partial charge in [-0.05, 0) is 51.5 Å². The maximum atomic E-state index is 13.6. The molecule has 0 fully saturated rings. The molecule has 3 aromatic rings. The summed E-state index contributed by atoms with van der Waals surface area (Å²) in [6.45, 7) is 7.65. The first-order chi connectivity index (χ1) is 16.7. The molecule has 0 bridgehead atoms. The number of anilines is 1. The molecule has 0 unspecified atom stereocenters. The van der Waals surface area contributed by atoms with Gasteiger partial charge in [-0.25, -0.2) is 9.79 Å². The van der Waals surface area contributed by atoms with Crippen molar-refractivity contribution in [3.8, 4) is 5.75 Å². The zero-order chi connectivity index (χ0) is 25.3. The predicted octanol–water partition coefficient (Wildman–Crippen LogP) is 3.24. The molecule has 3 heterocycles. The van der Waals surface area contributed by atoms with Crippen molar-refractivity contribution in [3.63, 3.8) is 0 Å². The highest BCUT2D eigenvalue weighted by Gasteiger charge is 2.33. The number of thiazole rings is 1. The first-order valence-corrected chi connectivity index (χ1v) is 12.2. The number of ether oxygens (including phenoxy) is 2. The number of carbonyl (C=O) groups is 1. The Balaban J connectivity index is 1.87. The summed E-state index contributed by atoms with van der Waals surface area (Å²) in [4.78, 5) is 33.6.